The third kappa shape index (κ3) is 5.08. The molecule has 0 radical (unpaired) electrons. The summed E-state index contributed by atoms with van der Waals surface area (Å²) in [5, 5.41) is 3.04. The number of carbonyl (C=O) groups excluding carboxylic acids is 1. The summed E-state index contributed by atoms with van der Waals surface area (Å²) in [6, 6.07) is 15.8. The summed E-state index contributed by atoms with van der Waals surface area (Å²) in [7, 11) is 0. The molecule has 0 saturated carbocycles. The van der Waals surface area contributed by atoms with Gasteiger partial charge in [-0.2, -0.15) is 0 Å². The summed E-state index contributed by atoms with van der Waals surface area (Å²) in [5.74, 6) is -0.0685. The molecule has 0 heterocycles. The molecule has 3 N–H and O–H groups in total. The van der Waals surface area contributed by atoms with Crippen LogP contribution in [-0.4, -0.2) is 5.91 Å². The van der Waals surface area contributed by atoms with Gasteiger partial charge in [-0.1, -0.05) is 57.2 Å². The van der Waals surface area contributed by atoms with Gasteiger partial charge in [-0.05, 0) is 41.2 Å². The Morgan fingerprint density at radius 3 is 2.04 bits per heavy atom. The average molecular weight is 347 g/mol. The fourth-order valence-electron chi connectivity index (χ4n) is 2.43. The minimum absolute atomic E-state index is 0. The van der Waals surface area contributed by atoms with Crippen molar-refractivity contribution in [3.8, 4) is 0 Å². The second-order valence-electron chi connectivity index (χ2n) is 6.97. The van der Waals surface area contributed by atoms with Gasteiger partial charge in [0.05, 0.1) is 6.04 Å². The van der Waals surface area contributed by atoms with Crippen LogP contribution in [-0.2, 0) is 12.0 Å². The van der Waals surface area contributed by atoms with Crippen LogP contribution in [0.2, 0.25) is 0 Å². The lowest BCUT2D eigenvalue weighted by molar-refractivity contribution is 0.0940. The van der Waals surface area contributed by atoms with Gasteiger partial charge in [0.2, 0.25) is 0 Å². The maximum Gasteiger partial charge on any atom is 0.251 e. The number of nitrogens with two attached hydrogens (primary N) is 1. The zero-order chi connectivity index (χ0) is 17.0. The number of nitrogens with one attached hydrogen (secondary N) is 1. The molecule has 0 fully saturated rings. The predicted octanol–water partition coefficient (Wildman–Crippen LogP) is 4.36. The summed E-state index contributed by atoms with van der Waals surface area (Å²) < 4.78 is 0. The number of hydrogen-bond donors (Lipinski definition) is 2. The quantitative estimate of drug-likeness (QED) is 0.864. The van der Waals surface area contributed by atoms with Crippen LogP contribution < -0.4 is 11.1 Å². The molecule has 1 atom stereocenters. The molecule has 0 aliphatic carbocycles. The molecule has 0 aliphatic heterocycles. The smallest absolute Gasteiger partial charge is 0.251 e. The molecule has 3 nitrogen and oxygen atoms in total. The van der Waals surface area contributed by atoms with Gasteiger partial charge in [0.1, 0.15) is 0 Å². The Labute approximate surface area is 151 Å². The van der Waals surface area contributed by atoms with Gasteiger partial charge in [-0.25, -0.2) is 0 Å². The van der Waals surface area contributed by atoms with E-state index < -0.39 is 0 Å². The summed E-state index contributed by atoms with van der Waals surface area (Å²) in [6.07, 6.45) is 0. The number of rotatable bonds is 4. The first kappa shape index (κ1) is 20.2. The van der Waals surface area contributed by atoms with E-state index in [0.717, 1.165) is 11.1 Å². The summed E-state index contributed by atoms with van der Waals surface area (Å²) in [6.45, 7) is 9.06. The minimum atomic E-state index is -0.0685. The maximum absolute atomic E-state index is 12.3. The van der Waals surface area contributed by atoms with Crippen LogP contribution in [0.4, 0.5) is 0 Å². The fraction of sp³-hybridized carbons (Fsp3) is 0.350. The number of halogens is 1. The van der Waals surface area contributed by atoms with E-state index in [1.165, 1.54) is 5.56 Å². The fourth-order valence-corrected chi connectivity index (χ4v) is 2.43. The van der Waals surface area contributed by atoms with Crippen LogP contribution in [0.1, 0.15) is 60.8 Å². The number of amides is 1. The highest BCUT2D eigenvalue weighted by atomic mass is 35.5. The third-order valence-corrected chi connectivity index (χ3v) is 4.08. The molecule has 2 aromatic carbocycles. The maximum atomic E-state index is 12.3. The molecule has 2 rings (SSSR count). The normalized spacial score (nSPS) is 12.2. The Morgan fingerprint density at radius 2 is 1.58 bits per heavy atom. The van der Waals surface area contributed by atoms with Crippen molar-refractivity contribution in [1.82, 2.24) is 5.32 Å². The van der Waals surface area contributed by atoms with Crippen molar-refractivity contribution < 1.29 is 4.79 Å². The molecule has 130 valence electrons. The molecule has 0 bridgehead atoms. The average Bonchev–Trinajstić information content (AvgIpc) is 2.54. The predicted molar refractivity (Wildman–Crippen MR) is 103 cm³/mol. The van der Waals surface area contributed by atoms with Crippen molar-refractivity contribution >= 4 is 18.3 Å². The molecular formula is C20H27ClN2O. The second kappa shape index (κ2) is 8.32. The third-order valence-electron chi connectivity index (χ3n) is 4.08. The lowest BCUT2D eigenvalue weighted by Gasteiger charge is -2.20. The minimum Gasteiger partial charge on any atom is -0.346 e. The van der Waals surface area contributed by atoms with Crippen LogP contribution in [0.3, 0.4) is 0 Å². The molecule has 1 amide bonds. The Bertz CT molecular complexity index is 658. The Kier molecular flexibility index (Phi) is 7.00. The van der Waals surface area contributed by atoms with Crippen LogP contribution in [0, 0.1) is 0 Å². The number of benzene rings is 2. The van der Waals surface area contributed by atoms with Crippen molar-refractivity contribution in [3.05, 3.63) is 70.8 Å². The largest absolute Gasteiger partial charge is 0.346 e. The number of hydrogen-bond acceptors (Lipinski definition) is 2. The highest BCUT2D eigenvalue weighted by Gasteiger charge is 2.15. The van der Waals surface area contributed by atoms with E-state index in [0.29, 0.717) is 12.1 Å². The van der Waals surface area contributed by atoms with Gasteiger partial charge in [-0.15, -0.1) is 12.4 Å². The summed E-state index contributed by atoms with van der Waals surface area (Å²) in [5.41, 5.74) is 9.77. The first-order valence-corrected chi connectivity index (χ1v) is 8.01. The Hall–Kier alpha value is -1.84. The summed E-state index contributed by atoms with van der Waals surface area (Å²) >= 11 is 0. The van der Waals surface area contributed by atoms with Crippen LogP contribution >= 0.6 is 12.4 Å². The first-order valence-electron chi connectivity index (χ1n) is 8.01. The van der Waals surface area contributed by atoms with Crippen LogP contribution in [0.5, 0.6) is 0 Å². The molecule has 2 aromatic rings. The molecule has 24 heavy (non-hydrogen) atoms. The molecule has 0 aliphatic rings. The van der Waals surface area contributed by atoms with E-state index in [9.17, 15) is 4.79 Å². The van der Waals surface area contributed by atoms with E-state index in [-0.39, 0.29) is 29.8 Å². The Balaban J connectivity index is 0.00000288. The number of carbonyl (C=O) groups is 1. The van der Waals surface area contributed by atoms with Crippen molar-refractivity contribution in [3.63, 3.8) is 0 Å². The topological polar surface area (TPSA) is 55.1 Å². The summed E-state index contributed by atoms with van der Waals surface area (Å²) in [4.78, 5) is 12.3. The SMILES string of the molecule is CC(NC(=O)c1ccc(CN)cc1)c1ccc(C(C)(C)C)cc1.Cl. The van der Waals surface area contributed by atoms with Gasteiger partial charge in [-0.3, -0.25) is 4.79 Å². The van der Waals surface area contributed by atoms with E-state index in [2.05, 4.69) is 50.4 Å². The molecule has 0 aromatic heterocycles. The van der Waals surface area contributed by atoms with E-state index >= 15 is 0 Å². The molecule has 4 heteroatoms. The van der Waals surface area contributed by atoms with Gasteiger partial charge in [0, 0.05) is 12.1 Å². The lowest BCUT2D eigenvalue weighted by Crippen LogP contribution is -2.26. The van der Waals surface area contributed by atoms with Gasteiger partial charge in [0.25, 0.3) is 5.91 Å². The van der Waals surface area contributed by atoms with Gasteiger partial charge in [0.15, 0.2) is 0 Å². The molecule has 0 spiro atoms. The lowest BCUT2D eigenvalue weighted by atomic mass is 9.86. The molecule has 1 unspecified atom stereocenters. The molecular weight excluding hydrogens is 320 g/mol. The van der Waals surface area contributed by atoms with Gasteiger partial charge < -0.3 is 11.1 Å². The highest BCUT2D eigenvalue weighted by Crippen LogP contribution is 2.24. The van der Waals surface area contributed by atoms with Crippen molar-refractivity contribution in [2.24, 2.45) is 5.73 Å². The van der Waals surface area contributed by atoms with Crippen molar-refractivity contribution in [2.75, 3.05) is 0 Å². The van der Waals surface area contributed by atoms with E-state index in [1.54, 1.807) is 0 Å². The zero-order valence-electron chi connectivity index (χ0n) is 14.8. The zero-order valence-corrected chi connectivity index (χ0v) is 15.6. The Morgan fingerprint density at radius 1 is 1.04 bits per heavy atom. The second-order valence-corrected chi connectivity index (χ2v) is 6.97. The van der Waals surface area contributed by atoms with Crippen molar-refractivity contribution in [2.45, 2.75) is 45.7 Å². The van der Waals surface area contributed by atoms with E-state index in [1.807, 2.05) is 31.2 Å². The van der Waals surface area contributed by atoms with Crippen LogP contribution in [0.15, 0.2) is 48.5 Å². The van der Waals surface area contributed by atoms with Gasteiger partial charge >= 0.3 is 0 Å². The standard InChI is InChI=1S/C20H26N2O.ClH/c1-14(16-9-11-18(12-10-16)20(2,3)4)22-19(23)17-7-5-15(13-21)6-8-17;/h5-12,14H,13,21H2,1-4H3,(H,22,23);1H. The monoisotopic (exact) mass is 346 g/mol. The highest BCUT2D eigenvalue weighted by molar-refractivity contribution is 5.94. The first-order chi connectivity index (χ1) is 10.8. The van der Waals surface area contributed by atoms with Crippen LogP contribution in [0.25, 0.3) is 0 Å². The van der Waals surface area contributed by atoms with E-state index in [4.69, 9.17) is 5.73 Å². The van der Waals surface area contributed by atoms with Crippen molar-refractivity contribution in [1.29, 1.82) is 0 Å². The molecule has 0 saturated heterocycles.